The van der Waals surface area contributed by atoms with Crippen LogP contribution in [0.25, 0.3) is 12.2 Å². The smallest absolute Gasteiger partial charge is 0.308 e. The van der Waals surface area contributed by atoms with Crippen LogP contribution in [0.2, 0.25) is 0 Å². The van der Waals surface area contributed by atoms with Gasteiger partial charge in [-0.25, -0.2) is 0 Å². The second kappa shape index (κ2) is 13.6. The third-order valence-electron chi connectivity index (χ3n) is 9.37. The Balaban J connectivity index is 1.55. The number of carbonyl (C=O) groups excluding carboxylic acids is 3. The van der Waals surface area contributed by atoms with E-state index in [-0.39, 0.29) is 56.4 Å². The number of ether oxygens (including phenoxy) is 3. The Kier molecular flexibility index (Phi) is 9.50. The third kappa shape index (κ3) is 6.04. The summed E-state index contributed by atoms with van der Waals surface area (Å²) in [6.07, 6.45) is 0.242. The minimum absolute atomic E-state index is 0.0116. The van der Waals surface area contributed by atoms with Gasteiger partial charge in [-0.05, 0) is 55.0 Å². The number of phenols is 1. The van der Waals surface area contributed by atoms with Gasteiger partial charge in [-0.3, -0.25) is 14.4 Å². The summed E-state index contributed by atoms with van der Waals surface area (Å²) in [5, 5.41) is 53.7. The van der Waals surface area contributed by atoms with Crippen molar-refractivity contribution in [2.24, 2.45) is 0 Å². The molecule has 5 atom stereocenters. The van der Waals surface area contributed by atoms with E-state index in [0.29, 0.717) is 12.8 Å². The van der Waals surface area contributed by atoms with Gasteiger partial charge in [0.1, 0.15) is 35.6 Å². The first-order chi connectivity index (χ1) is 23.0. The van der Waals surface area contributed by atoms with Crippen LogP contribution in [0.4, 0.5) is 0 Å². The molecule has 0 radical (unpaired) electrons. The lowest BCUT2D eigenvalue weighted by molar-refractivity contribution is -0.268. The van der Waals surface area contributed by atoms with Crippen LogP contribution in [0.15, 0.2) is 42.5 Å². The Hall–Kier alpha value is -4.39. The zero-order chi connectivity index (χ0) is 34.3. The first kappa shape index (κ1) is 33.5. The molecule has 48 heavy (non-hydrogen) atoms. The summed E-state index contributed by atoms with van der Waals surface area (Å²) < 4.78 is 17.3. The Bertz CT molecular complexity index is 1770. The van der Waals surface area contributed by atoms with Crippen molar-refractivity contribution in [2.45, 2.75) is 89.2 Å². The Labute approximate surface area is 277 Å². The first-order valence-electron chi connectivity index (χ1n) is 16.1. The molecule has 3 aliphatic rings. The Morgan fingerprint density at radius 3 is 2.27 bits per heavy atom. The van der Waals surface area contributed by atoms with Gasteiger partial charge in [0.15, 0.2) is 11.6 Å². The molecule has 5 N–H and O–H groups in total. The molecule has 0 spiro atoms. The molecule has 0 bridgehead atoms. The van der Waals surface area contributed by atoms with Crippen LogP contribution in [0.5, 0.6) is 17.2 Å². The number of phenolic OH excluding ortho intramolecular Hbond substituents is 1. The van der Waals surface area contributed by atoms with E-state index >= 15 is 0 Å². The molecule has 1 saturated carbocycles. The highest BCUT2D eigenvalue weighted by molar-refractivity contribution is 6.31. The van der Waals surface area contributed by atoms with E-state index in [9.17, 15) is 39.9 Å². The Morgan fingerprint density at radius 2 is 1.60 bits per heavy atom. The molecule has 3 aromatic rings. The molecular weight excluding hydrogens is 620 g/mol. The summed E-state index contributed by atoms with van der Waals surface area (Å²) in [6, 6.07) is 11.8. The number of ketones is 2. The first-order valence-corrected chi connectivity index (χ1v) is 16.1. The van der Waals surface area contributed by atoms with Gasteiger partial charge in [-0.2, -0.15) is 0 Å². The maximum absolute atomic E-state index is 14.6. The number of benzene rings is 3. The standard InChI is InChI=1S/C37H38O11/c1-18-31(40)35(44)36(45)37(46-18)48-26-16-24-30(33(42)27(26)21-11-7-4-8-12-21)34(43)28-22(17-38)15-25(47-19(2)39)23(29(28)32(24)41)14-13-20-9-5-3-6-10-20/h3,5-6,9-10,13-16,18,21,31,35-38,40,42,44-45H,4,7-8,11-12,17H2,1-2H3/t18-,31-,35-,36-,37-/m1/s1. The minimum Gasteiger partial charge on any atom is -0.507 e. The topological polar surface area (TPSA) is 180 Å². The molecule has 0 unspecified atom stereocenters. The zero-order valence-electron chi connectivity index (χ0n) is 26.6. The fourth-order valence-corrected chi connectivity index (χ4v) is 6.94. The highest BCUT2D eigenvalue weighted by Gasteiger charge is 2.45. The van der Waals surface area contributed by atoms with Gasteiger partial charge in [-0.1, -0.05) is 55.7 Å². The van der Waals surface area contributed by atoms with Crippen LogP contribution in [0.1, 0.15) is 106 Å². The summed E-state index contributed by atoms with van der Waals surface area (Å²) in [5.74, 6) is -2.84. The molecule has 3 aromatic carbocycles. The maximum Gasteiger partial charge on any atom is 0.308 e. The van der Waals surface area contributed by atoms with Gasteiger partial charge in [0, 0.05) is 34.7 Å². The number of fused-ring (bicyclic) bond motifs is 2. The van der Waals surface area contributed by atoms with Crippen molar-refractivity contribution in [1.29, 1.82) is 0 Å². The SMILES string of the molecule is CC(=O)Oc1cc(CO)c2c(c1C=Cc1ccccc1)C(=O)c1cc(O[C@H]3O[C@H](C)[C@@H](O)[C@@H](O)[C@H]3O)c(C3CCCCC3)c(O)c1C2=O. The zero-order valence-corrected chi connectivity index (χ0v) is 26.6. The van der Waals surface area contributed by atoms with Crippen molar-refractivity contribution in [3.05, 3.63) is 87.0 Å². The van der Waals surface area contributed by atoms with Crippen molar-refractivity contribution >= 4 is 29.7 Å². The molecule has 252 valence electrons. The van der Waals surface area contributed by atoms with E-state index in [1.54, 1.807) is 12.2 Å². The molecule has 6 rings (SSSR count). The van der Waals surface area contributed by atoms with E-state index in [2.05, 4.69) is 0 Å². The molecule has 2 aliphatic carbocycles. The second-order valence-electron chi connectivity index (χ2n) is 12.5. The lowest BCUT2D eigenvalue weighted by atomic mass is 9.75. The predicted molar refractivity (Wildman–Crippen MR) is 173 cm³/mol. The number of esters is 1. The third-order valence-corrected chi connectivity index (χ3v) is 9.37. The van der Waals surface area contributed by atoms with Gasteiger partial charge >= 0.3 is 5.97 Å². The molecule has 11 nitrogen and oxygen atoms in total. The van der Waals surface area contributed by atoms with Gasteiger partial charge in [0.25, 0.3) is 0 Å². The van der Waals surface area contributed by atoms with Crippen molar-refractivity contribution in [3.63, 3.8) is 0 Å². The molecular formula is C37H38O11. The van der Waals surface area contributed by atoms with Crippen molar-refractivity contribution in [1.82, 2.24) is 0 Å². The normalized spacial score (nSPS) is 24.3. The van der Waals surface area contributed by atoms with E-state index in [0.717, 1.165) is 24.8 Å². The summed E-state index contributed by atoms with van der Waals surface area (Å²) >= 11 is 0. The largest absolute Gasteiger partial charge is 0.507 e. The Morgan fingerprint density at radius 1 is 0.896 bits per heavy atom. The van der Waals surface area contributed by atoms with Crippen molar-refractivity contribution in [2.75, 3.05) is 0 Å². The van der Waals surface area contributed by atoms with Crippen LogP contribution < -0.4 is 9.47 Å². The van der Waals surface area contributed by atoms with Gasteiger partial charge in [-0.15, -0.1) is 0 Å². The van der Waals surface area contributed by atoms with Gasteiger partial charge in [0.2, 0.25) is 6.29 Å². The monoisotopic (exact) mass is 658 g/mol. The molecule has 1 saturated heterocycles. The average molecular weight is 659 g/mol. The summed E-state index contributed by atoms with van der Waals surface area (Å²) in [6.45, 7) is 2.04. The quantitative estimate of drug-likeness (QED) is 0.110. The van der Waals surface area contributed by atoms with Crippen LogP contribution in [0, 0.1) is 0 Å². The van der Waals surface area contributed by atoms with Crippen LogP contribution in [-0.2, 0) is 16.1 Å². The fraction of sp³-hybridized carbons (Fsp3) is 0.378. The summed E-state index contributed by atoms with van der Waals surface area (Å²) in [7, 11) is 0. The second-order valence-corrected chi connectivity index (χ2v) is 12.5. The summed E-state index contributed by atoms with van der Waals surface area (Å²) in [4.78, 5) is 41.1. The number of aliphatic hydroxyl groups excluding tert-OH is 4. The molecule has 1 aliphatic heterocycles. The highest BCUT2D eigenvalue weighted by atomic mass is 16.7. The van der Waals surface area contributed by atoms with Crippen molar-refractivity contribution in [3.8, 4) is 17.2 Å². The van der Waals surface area contributed by atoms with Gasteiger partial charge in [0.05, 0.1) is 18.3 Å². The number of aliphatic hydroxyl groups is 4. The lowest BCUT2D eigenvalue weighted by Gasteiger charge is -2.39. The van der Waals surface area contributed by atoms with Crippen LogP contribution in [0.3, 0.4) is 0 Å². The molecule has 1 heterocycles. The lowest BCUT2D eigenvalue weighted by Crippen LogP contribution is -2.58. The number of hydrogen-bond donors (Lipinski definition) is 5. The maximum atomic E-state index is 14.6. The van der Waals surface area contributed by atoms with E-state index < -0.39 is 60.6 Å². The van der Waals surface area contributed by atoms with E-state index in [1.807, 2.05) is 30.3 Å². The average Bonchev–Trinajstić information content (AvgIpc) is 3.08. The molecule has 2 fully saturated rings. The predicted octanol–water partition coefficient (Wildman–Crippen LogP) is 4.01. The van der Waals surface area contributed by atoms with E-state index in [1.165, 1.54) is 26.0 Å². The number of aromatic hydroxyl groups is 1. The van der Waals surface area contributed by atoms with Crippen LogP contribution in [-0.4, -0.2) is 73.8 Å². The number of rotatable bonds is 7. The van der Waals surface area contributed by atoms with Gasteiger partial charge < -0.3 is 39.7 Å². The molecule has 0 amide bonds. The number of hydrogen-bond acceptors (Lipinski definition) is 11. The number of carbonyl (C=O) groups is 3. The van der Waals surface area contributed by atoms with Crippen LogP contribution >= 0.6 is 0 Å². The highest BCUT2D eigenvalue weighted by Crippen LogP contribution is 2.49. The fourth-order valence-electron chi connectivity index (χ4n) is 6.94. The minimum atomic E-state index is -1.67. The molecule has 11 heteroatoms. The van der Waals surface area contributed by atoms with Crippen molar-refractivity contribution < 1.29 is 54.1 Å². The summed E-state index contributed by atoms with van der Waals surface area (Å²) in [5.41, 5.74) is 0.516. The molecule has 0 aromatic heterocycles. The van der Waals surface area contributed by atoms with E-state index in [4.69, 9.17) is 14.2 Å².